The number of carboxylic acids is 1. The molecule has 0 aliphatic rings. The molecule has 1 aromatic heterocycles. The number of carboxylic acid groups (broad SMARTS) is 1. The van der Waals surface area contributed by atoms with Gasteiger partial charge in [0.05, 0.1) is 17.6 Å². The van der Waals surface area contributed by atoms with Crippen molar-refractivity contribution in [3.63, 3.8) is 0 Å². The number of Topliss-reactive ketones (excluding diaryl/α,β-unsaturated/α-hetero) is 1. The van der Waals surface area contributed by atoms with E-state index < -0.39 is 5.97 Å². The molecule has 0 bridgehead atoms. The highest BCUT2D eigenvalue weighted by Crippen LogP contribution is 2.17. The van der Waals surface area contributed by atoms with Gasteiger partial charge in [-0.3, -0.25) is 9.59 Å². The molecule has 0 saturated carbocycles. The molecule has 0 aliphatic carbocycles. The number of rotatable bonds is 5. The average Bonchev–Trinajstić information content (AvgIpc) is 2.70. The minimum Gasteiger partial charge on any atom is -0.481 e. The van der Waals surface area contributed by atoms with E-state index in [1.165, 1.54) is 17.4 Å². The molecule has 0 aromatic carbocycles. The fraction of sp³-hybridized carbons (Fsp3) is 0.300. The molecule has 1 heterocycles. The van der Waals surface area contributed by atoms with Crippen molar-refractivity contribution in [2.45, 2.75) is 19.8 Å². The van der Waals surface area contributed by atoms with Crippen LogP contribution in [-0.2, 0) is 9.59 Å². The van der Waals surface area contributed by atoms with Crippen molar-refractivity contribution in [3.8, 4) is 0 Å². The summed E-state index contributed by atoms with van der Waals surface area (Å²) in [5.41, 5.74) is 2.58. The highest BCUT2D eigenvalue weighted by atomic mass is 32.1. The van der Waals surface area contributed by atoms with Crippen molar-refractivity contribution in [1.29, 1.82) is 0 Å². The van der Waals surface area contributed by atoms with E-state index in [0.29, 0.717) is 17.7 Å². The van der Waals surface area contributed by atoms with E-state index in [1.807, 2.05) is 0 Å². The van der Waals surface area contributed by atoms with Gasteiger partial charge in [-0.05, 0) is 0 Å². The molecule has 0 radical (unpaired) electrons. The van der Waals surface area contributed by atoms with Gasteiger partial charge >= 0.3 is 5.97 Å². The summed E-state index contributed by atoms with van der Waals surface area (Å²) < 4.78 is 0. The molecule has 0 aliphatic heterocycles. The number of aromatic nitrogens is 1. The molecule has 0 saturated heterocycles. The second kappa shape index (κ2) is 5.41. The Morgan fingerprint density at radius 1 is 1.60 bits per heavy atom. The summed E-state index contributed by atoms with van der Waals surface area (Å²) in [5.74, 6) is -1.03. The Balaban J connectivity index is 2.93. The molecule has 5 heteroatoms. The van der Waals surface area contributed by atoms with Crippen LogP contribution in [0, 0.1) is 0 Å². The van der Waals surface area contributed by atoms with E-state index in [9.17, 15) is 9.59 Å². The molecule has 0 spiro atoms. The quantitative estimate of drug-likeness (QED) is 0.778. The molecule has 4 nitrogen and oxygen atoms in total. The van der Waals surface area contributed by atoms with E-state index in [-0.39, 0.29) is 12.2 Å². The number of thiazole rings is 1. The van der Waals surface area contributed by atoms with Gasteiger partial charge in [-0.15, -0.1) is 11.3 Å². The third kappa shape index (κ3) is 3.28. The zero-order chi connectivity index (χ0) is 11.3. The smallest absolute Gasteiger partial charge is 0.307 e. The summed E-state index contributed by atoms with van der Waals surface area (Å²) in [7, 11) is 0. The zero-order valence-electron chi connectivity index (χ0n) is 8.27. The normalized spacial score (nSPS) is 11.4. The van der Waals surface area contributed by atoms with Crippen LogP contribution in [0.25, 0.3) is 5.57 Å². The highest BCUT2D eigenvalue weighted by Gasteiger charge is 2.12. The maximum Gasteiger partial charge on any atom is 0.307 e. The van der Waals surface area contributed by atoms with Gasteiger partial charge in [0.15, 0.2) is 5.78 Å². The Morgan fingerprint density at radius 2 is 2.33 bits per heavy atom. The highest BCUT2D eigenvalue weighted by molar-refractivity contribution is 7.07. The van der Waals surface area contributed by atoms with E-state index in [0.717, 1.165) is 0 Å². The number of nitrogens with zero attached hydrogens (tertiary/aromatic N) is 1. The number of carbonyl (C=O) groups excluding carboxylic acids is 1. The van der Waals surface area contributed by atoms with Crippen LogP contribution in [0.4, 0.5) is 0 Å². The number of aliphatic carboxylic acids is 1. The first-order valence-corrected chi connectivity index (χ1v) is 5.43. The average molecular weight is 225 g/mol. The Bertz CT molecular complexity index is 381. The van der Waals surface area contributed by atoms with Crippen LogP contribution < -0.4 is 0 Å². The van der Waals surface area contributed by atoms with Crippen molar-refractivity contribution in [2.75, 3.05) is 0 Å². The lowest BCUT2D eigenvalue weighted by atomic mass is 10.1. The molecule has 1 N–H and O–H groups in total. The largest absolute Gasteiger partial charge is 0.481 e. The second-order valence-electron chi connectivity index (χ2n) is 2.87. The van der Waals surface area contributed by atoms with Gasteiger partial charge in [0.2, 0.25) is 0 Å². The van der Waals surface area contributed by atoms with Gasteiger partial charge in [0, 0.05) is 17.4 Å². The van der Waals surface area contributed by atoms with E-state index in [1.54, 1.807) is 17.8 Å². The summed E-state index contributed by atoms with van der Waals surface area (Å²) >= 11 is 1.38. The van der Waals surface area contributed by atoms with Gasteiger partial charge in [0.25, 0.3) is 0 Å². The van der Waals surface area contributed by atoms with Crippen LogP contribution in [0.15, 0.2) is 17.0 Å². The molecule has 0 amide bonds. The Kier molecular flexibility index (Phi) is 4.17. The van der Waals surface area contributed by atoms with Gasteiger partial charge in [-0.2, -0.15) is 0 Å². The second-order valence-corrected chi connectivity index (χ2v) is 3.58. The van der Waals surface area contributed by atoms with Gasteiger partial charge in [-0.1, -0.05) is 13.0 Å². The van der Waals surface area contributed by atoms with Crippen LogP contribution in [0.5, 0.6) is 0 Å². The number of carbonyl (C=O) groups is 2. The van der Waals surface area contributed by atoms with Crippen LogP contribution in [0.3, 0.4) is 0 Å². The lowest BCUT2D eigenvalue weighted by molar-refractivity contribution is -0.135. The van der Waals surface area contributed by atoms with Gasteiger partial charge in [0.1, 0.15) is 0 Å². The number of hydrogen-bond acceptors (Lipinski definition) is 4. The van der Waals surface area contributed by atoms with Crippen molar-refractivity contribution in [1.82, 2.24) is 4.98 Å². The lowest BCUT2D eigenvalue weighted by Gasteiger charge is -2.00. The van der Waals surface area contributed by atoms with Gasteiger partial charge in [-0.25, -0.2) is 4.98 Å². The number of hydrogen-bond donors (Lipinski definition) is 1. The van der Waals surface area contributed by atoms with Crippen LogP contribution >= 0.6 is 11.3 Å². The van der Waals surface area contributed by atoms with Crippen molar-refractivity contribution in [3.05, 3.63) is 22.7 Å². The summed E-state index contributed by atoms with van der Waals surface area (Å²) in [4.78, 5) is 25.9. The summed E-state index contributed by atoms with van der Waals surface area (Å²) in [5, 5.41) is 10.3. The Hall–Kier alpha value is -1.49. The zero-order valence-corrected chi connectivity index (χ0v) is 9.08. The maximum absolute atomic E-state index is 11.5. The summed E-state index contributed by atoms with van der Waals surface area (Å²) in [6.07, 6.45) is 1.62. The summed E-state index contributed by atoms with van der Waals surface area (Å²) in [6.45, 7) is 1.74. The third-order valence-corrected chi connectivity index (χ3v) is 2.40. The molecule has 0 fully saturated rings. The SMILES string of the molecule is CCC(=O)/C(=C\CC(=O)O)c1cscn1. The first kappa shape index (κ1) is 11.6. The maximum atomic E-state index is 11.5. The molecule has 1 rings (SSSR count). The van der Waals surface area contributed by atoms with Crippen molar-refractivity contribution in [2.24, 2.45) is 0 Å². The first-order chi connectivity index (χ1) is 7.15. The Labute approximate surface area is 91.3 Å². The number of allylic oxidation sites excluding steroid dienone is 1. The van der Waals surface area contributed by atoms with Crippen LogP contribution in [0.1, 0.15) is 25.5 Å². The van der Waals surface area contributed by atoms with E-state index >= 15 is 0 Å². The lowest BCUT2D eigenvalue weighted by Crippen LogP contribution is -2.02. The van der Waals surface area contributed by atoms with Crippen LogP contribution in [-0.4, -0.2) is 21.8 Å². The molecular weight excluding hydrogens is 214 g/mol. The topological polar surface area (TPSA) is 67.3 Å². The monoisotopic (exact) mass is 225 g/mol. The molecule has 15 heavy (non-hydrogen) atoms. The van der Waals surface area contributed by atoms with Crippen LogP contribution in [0.2, 0.25) is 0 Å². The minimum absolute atomic E-state index is 0.0813. The predicted molar refractivity (Wildman–Crippen MR) is 57.6 cm³/mol. The standard InChI is InChI=1S/C10H11NO3S/c1-2-9(12)7(3-4-10(13)14)8-5-15-6-11-8/h3,5-6H,2,4H2,1H3,(H,13,14)/b7-3-. The fourth-order valence-corrected chi connectivity index (χ4v) is 1.64. The van der Waals surface area contributed by atoms with E-state index in [2.05, 4.69) is 4.98 Å². The molecule has 80 valence electrons. The first-order valence-electron chi connectivity index (χ1n) is 4.48. The molecule has 0 atom stereocenters. The molecular formula is C10H11NO3S. The van der Waals surface area contributed by atoms with Crippen molar-refractivity contribution >= 4 is 28.7 Å². The van der Waals surface area contributed by atoms with E-state index in [4.69, 9.17) is 5.11 Å². The van der Waals surface area contributed by atoms with Crippen molar-refractivity contribution < 1.29 is 14.7 Å². The fourth-order valence-electron chi connectivity index (χ4n) is 1.09. The number of ketones is 1. The predicted octanol–water partition coefficient (Wildman–Crippen LogP) is 1.98. The third-order valence-electron chi connectivity index (χ3n) is 1.81. The van der Waals surface area contributed by atoms with Gasteiger partial charge < -0.3 is 5.11 Å². The molecule has 0 unspecified atom stereocenters. The Morgan fingerprint density at radius 3 is 2.80 bits per heavy atom. The summed E-state index contributed by atoms with van der Waals surface area (Å²) in [6, 6.07) is 0. The molecule has 1 aromatic rings. The minimum atomic E-state index is -0.952.